The monoisotopic (exact) mass is 378 g/mol. The molecule has 2 amide bonds. The second kappa shape index (κ2) is 8.63. The highest BCUT2D eigenvalue weighted by Gasteiger charge is 2.23. The Morgan fingerprint density at radius 1 is 1.04 bits per heavy atom. The van der Waals surface area contributed by atoms with Crippen molar-refractivity contribution in [2.75, 3.05) is 13.1 Å². The lowest BCUT2D eigenvalue weighted by Gasteiger charge is -2.24. The summed E-state index contributed by atoms with van der Waals surface area (Å²) in [6, 6.07) is 1.95. The third-order valence-corrected chi connectivity index (χ3v) is 4.16. The molecule has 152 valence electrons. The van der Waals surface area contributed by atoms with Crippen molar-refractivity contribution in [3.63, 3.8) is 0 Å². The van der Waals surface area contributed by atoms with E-state index in [-0.39, 0.29) is 30.0 Å². The number of carbonyl (C=O) groups is 2. The molecule has 0 saturated carbocycles. The average molecular weight is 379 g/mol. The second-order valence-electron chi connectivity index (χ2n) is 8.90. The maximum atomic E-state index is 12.2. The van der Waals surface area contributed by atoms with Crippen molar-refractivity contribution >= 4 is 12.0 Å². The summed E-state index contributed by atoms with van der Waals surface area (Å²) in [6.07, 6.45) is -0.326. The molecule has 0 aliphatic rings. The third-order valence-electron chi connectivity index (χ3n) is 4.16. The van der Waals surface area contributed by atoms with E-state index >= 15 is 0 Å². The zero-order valence-corrected chi connectivity index (χ0v) is 17.9. The Morgan fingerprint density at radius 2 is 1.59 bits per heavy atom. The maximum Gasteiger partial charge on any atom is 0.407 e. The van der Waals surface area contributed by atoms with Crippen molar-refractivity contribution in [3.8, 4) is 5.75 Å². The van der Waals surface area contributed by atoms with Gasteiger partial charge in [0.1, 0.15) is 11.4 Å². The normalized spacial score (nSPS) is 11.9. The van der Waals surface area contributed by atoms with Crippen LogP contribution in [0.3, 0.4) is 0 Å². The van der Waals surface area contributed by atoms with Crippen LogP contribution < -0.4 is 10.6 Å². The predicted molar refractivity (Wildman–Crippen MR) is 107 cm³/mol. The Labute approximate surface area is 162 Å². The molecule has 0 heterocycles. The van der Waals surface area contributed by atoms with Gasteiger partial charge in [-0.3, -0.25) is 4.79 Å². The van der Waals surface area contributed by atoms with Crippen molar-refractivity contribution in [2.45, 2.75) is 72.8 Å². The molecule has 0 aromatic heterocycles. The molecule has 6 heteroatoms. The lowest BCUT2D eigenvalue weighted by molar-refractivity contribution is -0.120. The molecule has 27 heavy (non-hydrogen) atoms. The van der Waals surface area contributed by atoms with Gasteiger partial charge in [0.25, 0.3) is 0 Å². The summed E-state index contributed by atoms with van der Waals surface area (Å²) in [7, 11) is 0. The molecular formula is C21H34N2O4. The summed E-state index contributed by atoms with van der Waals surface area (Å²) in [5.41, 5.74) is 2.71. The van der Waals surface area contributed by atoms with Gasteiger partial charge < -0.3 is 20.5 Å². The molecule has 0 saturated heterocycles. The van der Waals surface area contributed by atoms with Crippen LogP contribution in [0, 0.1) is 13.8 Å². The van der Waals surface area contributed by atoms with Gasteiger partial charge in [0, 0.05) is 13.1 Å². The molecule has 0 radical (unpaired) electrons. The molecular weight excluding hydrogens is 344 g/mol. The number of benzene rings is 1. The minimum absolute atomic E-state index is 0.157. The summed E-state index contributed by atoms with van der Waals surface area (Å²) in [5, 5.41) is 15.9. The van der Waals surface area contributed by atoms with E-state index in [1.54, 1.807) is 20.8 Å². The van der Waals surface area contributed by atoms with Crippen LogP contribution in [0.25, 0.3) is 0 Å². The van der Waals surface area contributed by atoms with Gasteiger partial charge in [0.05, 0.1) is 6.42 Å². The number of phenolic OH excluding ortho intramolecular Hbond substituents is 1. The van der Waals surface area contributed by atoms with Gasteiger partial charge in [-0.25, -0.2) is 4.79 Å². The predicted octanol–water partition coefficient (Wildman–Crippen LogP) is 3.49. The molecule has 0 aliphatic heterocycles. The average Bonchev–Trinajstić information content (AvgIpc) is 2.48. The first-order chi connectivity index (χ1) is 12.2. The van der Waals surface area contributed by atoms with Crippen LogP contribution in [0.4, 0.5) is 4.79 Å². The van der Waals surface area contributed by atoms with Gasteiger partial charge >= 0.3 is 6.09 Å². The molecule has 0 aliphatic carbocycles. The number of amides is 2. The van der Waals surface area contributed by atoms with Crippen LogP contribution in [0.1, 0.15) is 63.8 Å². The Balaban J connectivity index is 2.63. The van der Waals surface area contributed by atoms with Crippen molar-refractivity contribution in [1.82, 2.24) is 10.6 Å². The van der Waals surface area contributed by atoms with E-state index in [4.69, 9.17) is 4.74 Å². The standard InChI is InChI=1S/C21H34N2O4/c1-13-11-16(20(3,4)5)18(25)14(2)15(13)12-17(24)22-9-10-23-19(26)27-21(6,7)8/h11,25H,9-10,12H2,1-8H3,(H,22,24)(H,23,26). The minimum Gasteiger partial charge on any atom is -0.507 e. The van der Waals surface area contributed by atoms with E-state index in [1.807, 2.05) is 40.7 Å². The van der Waals surface area contributed by atoms with E-state index in [2.05, 4.69) is 10.6 Å². The first-order valence-electron chi connectivity index (χ1n) is 9.28. The molecule has 0 spiro atoms. The van der Waals surface area contributed by atoms with E-state index in [0.29, 0.717) is 6.54 Å². The van der Waals surface area contributed by atoms with Crippen LogP contribution >= 0.6 is 0 Å². The number of aryl methyl sites for hydroxylation is 1. The van der Waals surface area contributed by atoms with E-state index in [1.165, 1.54) is 0 Å². The molecule has 6 nitrogen and oxygen atoms in total. The number of phenols is 1. The summed E-state index contributed by atoms with van der Waals surface area (Å²) in [4.78, 5) is 23.8. The quantitative estimate of drug-likeness (QED) is 0.685. The number of hydrogen-bond donors (Lipinski definition) is 3. The molecule has 1 rings (SSSR count). The minimum atomic E-state index is -0.552. The number of ether oxygens (including phenoxy) is 1. The number of hydrogen-bond acceptors (Lipinski definition) is 4. The van der Waals surface area contributed by atoms with Gasteiger partial charge in [0.2, 0.25) is 5.91 Å². The lowest BCUT2D eigenvalue weighted by Crippen LogP contribution is -2.38. The van der Waals surface area contributed by atoms with Crippen molar-refractivity contribution < 1.29 is 19.4 Å². The van der Waals surface area contributed by atoms with Crippen molar-refractivity contribution in [2.24, 2.45) is 0 Å². The maximum absolute atomic E-state index is 12.2. The first-order valence-corrected chi connectivity index (χ1v) is 9.28. The smallest absolute Gasteiger partial charge is 0.407 e. The van der Waals surface area contributed by atoms with Gasteiger partial charge in [0.15, 0.2) is 0 Å². The molecule has 0 unspecified atom stereocenters. The van der Waals surface area contributed by atoms with Crippen LogP contribution in [0.2, 0.25) is 0 Å². The van der Waals surface area contributed by atoms with Crippen LogP contribution in [0.15, 0.2) is 6.07 Å². The first kappa shape index (κ1) is 22.8. The summed E-state index contributed by atoms with van der Waals surface area (Å²) < 4.78 is 5.13. The van der Waals surface area contributed by atoms with Gasteiger partial charge in [-0.2, -0.15) is 0 Å². The summed E-state index contributed by atoms with van der Waals surface area (Å²) >= 11 is 0. The van der Waals surface area contributed by atoms with Gasteiger partial charge in [-0.15, -0.1) is 0 Å². The molecule has 1 aromatic carbocycles. The highest BCUT2D eigenvalue weighted by molar-refractivity contribution is 5.80. The number of carbonyl (C=O) groups excluding carboxylic acids is 2. The zero-order valence-electron chi connectivity index (χ0n) is 17.9. The number of aromatic hydroxyl groups is 1. The van der Waals surface area contributed by atoms with Crippen molar-refractivity contribution in [1.29, 1.82) is 0 Å². The second-order valence-corrected chi connectivity index (χ2v) is 8.90. The molecule has 3 N–H and O–H groups in total. The fourth-order valence-electron chi connectivity index (χ4n) is 2.76. The number of rotatable bonds is 5. The van der Waals surface area contributed by atoms with E-state index in [9.17, 15) is 14.7 Å². The molecule has 0 bridgehead atoms. The largest absolute Gasteiger partial charge is 0.507 e. The van der Waals surface area contributed by atoms with E-state index in [0.717, 1.165) is 22.3 Å². The zero-order chi connectivity index (χ0) is 21.0. The van der Waals surface area contributed by atoms with E-state index < -0.39 is 11.7 Å². The SMILES string of the molecule is Cc1cc(C(C)(C)C)c(O)c(C)c1CC(=O)NCCNC(=O)OC(C)(C)C. The topological polar surface area (TPSA) is 87.7 Å². The molecule has 0 fully saturated rings. The fraction of sp³-hybridized carbons (Fsp3) is 0.619. The van der Waals surface area contributed by atoms with Crippen LogP contribution in [-0.4, -0.2) is 35.8 Å². The highest BCUT2D eigenvalue weighted by atomic mass is 16.6. The number of alkyl carbamates (subject to hydrolysis) is 1. The summed E-state index contributed by atoms with van der Waals surface area (Å²) in [6.45, 7) is 15.9. The third kappa shape index (κ3) is 7.12. The lowest BCUT2D eigenvalue weighted by atomic mass is 9.82. The Morgan fingerprint density at radius 3 is 2.11 bits per heavy atom. The Bertz CT molecular complexity index is 698. The molecule has 1 aromatic rings. The Kier molecular flexibility index (Phi) is 7.29. The van der Waals surface area contributed by atoms with Crippen molar-refractivity contribution in [3.05, 3.63) is 28.3 Å². The van der Waals surface area contributed by atoms with Gasteiger partial charge in [-0.05, 0) is 62.3 Å². The van der Waals surface area contributed by atoms with Gasteiger partial charge in [-0.1, -0.05) is 26.8 Å². The summed E-state index contributed by atoms with van der Waals surface area (Å²) in [5.74, 6) is 0.0950. The van der Waals surface area contributed by atoms with Crippen LogP contribution in [-0.2, 0) is 21.4 Å². The highest BCUT2D eigenvalue weighted by Crippen LogP contribution is 2.36. The fourth-order valence-corrected chi connectivity index (χ4v) is 2.76. The Hall–Kier alpha value is -2.24. The van der Waals surface area contributed by atoms with Crippen LogP contribution in [0.5, 0.6) is 5.75 Å². The molecule has 0 atom stereocenters. The number of nitrogens with one attached hydrogen (secondary N) is 2.